The first-order valence-corrected chi connectivity index (χ1v) is 8.57. The van der Waals surface area contributed by atoms with Crippen LogP contribution in [0.1, 0.15) is 19.9 Å². The summed E-state index contributed by atoms with van der Waals surface area (Å²) in [7, 11) is 0. The monoisotopic (exact) mass is 361 g/mol. The lowest BCUT2D eigenvalue weighted by Crippen LogP contribution is -2.18. The van der Waals surface area contributed by atoms with Crippen LogP contribution < -0.4 is 5.32 Å². The van der Waals surface area contributed by atoms with Gasteiger partial charge in [0.05, 0.1) is 17.5 Å². The SMILES string of the molecule is CC(C)n1nccc1NC(=O)CSc1nnc(-c2ccccc2F)o1. The van der Waals surface area contributed by atoms with Gasteiger partial charge in [0.1, 0.15) is 11.6 Å². The average molecular weight is 361 g/mol. The van der Waals surface area contributed by atoms with Gasteiger partial charge in [-0.2, -0.15) is 5.10 Å². The van der Waals surface area contributed by atoms with Crippen LogP contribution in [0.5, 0.6) is 0 Å². The minimum Gasteiger partial charge on any atom is -0.411 e. The van der Waals surface area contributed by atoms with Crippen LogP contribution in [0.2, 0.25) is 0 Å². The van der Waals surface area contributed by atoms with Gasteiger partial charge >= 0.3 is 0 Å². The standard InChI is InChI=1S/C16H16FN5O2S/c1-10(2)22-13(7-8-18-22)19-14(23)9-25-16-21-20-15(24-16)11-5-3-4-6-12(11)17/h3-8,10H,9H2,1-2H3,(H,19,23). The van der Waals surface area contributed by atoms with Crippen molar-refractivity contribution in [3.05, 3.63) is 42.3 Å². The van der Waals surface area contributed by atoms with Crippen molar-refractivity contribution in [2.24, 2.45) is 0 Å². The molecule has 2 heterocycles. The molecule has 9 heteroatoms. The largest absolute Gasteiger partial charge is 0.411 e. The van der Waals surface area contributed by atoms with Crippen LogP contribution in [0.4, 0.5) is 10.2 Å². The molecule has 3 rings (SSSR count). The third-order valence-corrected chi connectivity index (χ3v) is 4.08. The molecule has 3 aromatic rings. The van der Waals surface area contributed by atoms with Gasteiger partial charge in [0, 0.05) is 12.1 Å². The topological polar surface area (TPSA) is 85.8 Å². The Morgan fingerprint density at radius 1 is 1.32 bits per heavy atom. The second kappa shape index (κ2) is 7.47. The lowest BCUT2D eigenvalue weighted by molar-refractivity contribution is -0.113. The lowest BCUT2D eigenvalue weighted by Gasteiger charge is -2.11. The molecule has 0 saturated heterocycles. The summed E-state index contributed by atoms with van der Waals surface area (Å²) in [6.07, 6.45) is 1.63. The Balaban J connectivity index is 1.60. The van der Waals surface area contributed by atoms with E-state index in [4.69, 9.17) is 4.42 Å². The summed E-state index contributed by atoms with van der Waals surface area (Å²) in [5.41, 5.74) is 0.229. The molecule has 0 fully saturated rings. The van der Waals surface area contributed by atoms with Crippen molar-refractivity contribution in [3.8, 4) is 11.5 Å². The van der Waals surface area contributed by atoms with Gasteiger partial charge in [-0.1, -0.05) is 23.9 Å². The average Bonchev–Trinajstić information content (AvgIpc) is 3.22. The molecular weight excluding hydrogens is 345 g/mol. The number of anilines is 1. The van der Waals surface area contributed by atoms with Crippen molar-refractivity contribution in [1.82, 2.24) is 20.0 Å². The fourth-order valence-corrected chi connectivity index (χ4v) is 2.71. The second-order valence-corrected chi connectivity index (χ2v) is 6.37. The van der Waals surface area contributed by atoms with E-state index in [1.807, 2.05) is 13.8 Å². The Kier molecular flexibility index (Phi) is 5.13. The number of hydrogen-bond acceptors (Lipinski definition) is 6. The van der Waals surface area contributed by atoms with E-state index in [0.717, 1.165) is 11.8 Å². The van der Waals surface area contributed by atoms with Gasteiger partial charge < -0.3 is 9.73 Å². The molecule has 25 heavy (non-hydrogen) atoms. The number of hydrogen-bond donors (Lipinski definition) is 1. The first kappa shape index (κ1) is 17.2. The fourth-order valence-electron chi connectivity index (χ4n) is 2.14. The molecule has 0 aliphatic rings. The highest BCUT2D eigenvalue weighted by molar-refractivity contribution is 7.99. The molecule has 1 amide bonds. The number of carbonyl (C=O) groups excluding carboxylic acids is 1. The summed E-state index contributed by atoms with van der Waals surface area (Å²) in [5, 5.41) is 14.8. The Bertz CT molecular complexity index is 877. The van der Waals surface area contributed by atoms with Crippen LogP contribution in [0.3, 0.4) is 0 Å². The molecule has 7 nitrogen and oxygen atoms in total. The quantitative estimate of drug-likeness (QED) is 0.678. The Labute approximate surface area is 147 Å². The van der Waals surface area contributed by atoms with E-state index < -0.39 is 5.82 Å². The summed E-state index contributed by atoms with van der Waals surface area (Å²) in [6, 6.07) is 8.00. The van der Waals surface area contributed by atoms with E-state index >= 15 is 0 Å². The molecular formula is C16H16FN5O2S. The maximum absolute atomic E-state index is 13.7. The van der Waals surface area contributed by atoms with Gasteiger partial charge in [-0.3, -0.25) is 4.79 Å². The lowest BCUT2D eigenvalue weighted by atomic mass is 10.2. The van der Waals surface area contributed by atoms with Crippen LogP contribution in [-0.4, -0.2) is 31.6 Å². The van der Waals surface area contributed by atoms with E-state index in [-0.39, 0.29) is 34.4 Å². The Morgan fingerprint density at radius 3 is 2.88 bits per heavy atom. The van der Waals surface area contributed by atoms with E-state index in [2.05, 4.69) is 20.6 Å². The number of amides is 1. The van der Waals surface area contributed by atoms with Gasteiger partial charge in [0.15, 0.2) is 0 Å². The molecule has 130 valence electrons. The van der Waals surface area contributed by atoms with Gasteiger partial charge in [-0.25, -0.2) is 9.07 Å². The summed E-state index contributed by atoms with van der Waals surface area (Å²) in [4.78, 5) is 12.1. The van der Waals surface area contributed by atoms with Crippen LogP contribution >= 0.6 is 11.8 Å². The predicted molar refractivity (Wildman–Crippen MR) is 91.7 cm³/mol. The summed E-state index contributed by atoms with van der Waals surface area (Å²) in [5.74, 6) is 0.125. The van der Waals surface area contributed by atoms with Gasteiger partial charge in [-0.05, 0) is 26.0 Å². The van der Waals surface area contributed by atoms with Crippen molar-refractivity contribution >= 4 is 23.5 Å². The number of benzene rings is 1. The Hall–Kier alpha value is -2.68. The van der Waals surface area contributed by atoms with E-state index in [1.54, 1.807) is 35.1 Å². The molecule has 0 radical (unpaired) electrons. The van der Waals surface area contributed by atoms with Crippen LogP contribution in [0.25, 0.3) is 11.5 Å². The minimum atomic E-state index is -0.442. The minimum absolute atomic E-state index is 0.0823. The summed E-state index contributed by atoms with van der Waals surface area (Å²) < 4.78 is 20.8. The van der Waals surface area contributed by atoms with E-state index in [1.165, 1.54) is 6.07 Å². The van der Waals surface area contributed by atoms with Crippen molar-refractivity contribution < 1.29 is 13.6 Å². The number of carbonyl (C=O) groups is 1. The van der Waals surface area contributed by atoms with Crippen molar-refractivity contribution in [1.29, 1.82) is 0 Å². The molecule has 0 spiro atoms. The van der Waals surface area contributed by atoms with Gasteiger partial charge in [0.2, 0.25) is 5.91 Å². The molecule has 1 aromatic carbocycles. The zero-order chi connectivity index (χ0) is 17.8. The highest BCUT2D eigenvalue weighted by atomic mass is 32.2. The number of aromatic nitrogens is 4. The number of rotatable bonds is 6. The normalized spacial score (nSPS) is 11.0. The highest BCUT2D eigenvalue weighted by Gasteiger charge is 2.15. The summed E-state index contributed by atoms with van der Waals surface area (Å²) in [6.45, 7) is 3.94. The summed E-state index contributed by atoms with van der Waals surface area (Å²) >= 11 is 1.08. The van der Waals surface area contributed by atoms with Crippen molar-refractivity contribution in [2.75, 3.05) is 11.1 Å². The number of halogens is 1. The zero-order valence-corrected chi connectivity index (χ0v) is 14.5. The maximum atomic E-state index is 13.7. The molecule has 0 unspecified atom stereocenters. The first-order valence-electron chi connectivity index (χ1n) is 7.59. The predicted octanol–water partition coefficient (Wildman–Crippen LogP) is 3.38. The smallest absolute Gasteiger partial charge is 0.277 e. The fraction of sp³-hybridized carbons (Fsp3) is 0.250. The molecule has 0 aliphatic carbocycles. The second-order valence-electron chi connectivity index (χ2n) is 5.44. The zero-order valence-electron chi connectivity index (χ0n) is 13.6. The molecule has 2 aromatic heterocycles. The van der Waals surface area contributed by atoms with Crippen molar-refractivity contribution in [3.63, 3.8) is 0 Å². The molecule has 0 bridgehead atoms. The number of thioether (sulfide) groups is 1. The molecule has 0 aliphatic heterocycles. The maximum Gasteiger partial charge on any atom is 0.277 e. The van der Waals surface area contributed by atoms with Gasteiger partial charge in [-0.15, -0.1) is 10.2 Å². The number of nitrogens with zero attached hydrogens (tertiary/aromatic N) is 4. The third kappa shape index (κ3) is 4.05. The van der Waals surface area contributed by atoms with Crippen LogP contribution in [-0.2, 0) is 4.79 Å². The molecule has 1 N–H and O–H groups in total. The third-order valence-electron chi connectivity index (χ3n) is 3.26. The molecule has 0 saturated carbocycles. The van der Waals surface area contributed by atoms with E-state index in [9.17, 15) is 9.18 Å². The van der Waals surface area contributed by atoms with Crippen molar-refractivity contribution in [2.45, 2.75) is 25.1 Å². The number of nitrogens with one attached hydrogen (secondary N) is 1. The van der Waals surface area contributed by atoms with Crippen LogP contribution in [0.15, 0.2) is 46.2 Å². The van der Waals surface area contributed by atoms with Crippen LogP contribution in [0, 0.1) is 5.82 Å². The van der Waals surface area contributed by atoms with Gasteiger partial charge in [0.25, 0.3) is 11.1 Å². The van der Waals surface area contributed by atoms with E-state index in [0.29, 0.717) is 5.82 Å². The Morgan fingerprint density at radius 2 is 2.12 bits per heavy atom. The highest BCUT2D eigenvalue weighted by Crippen LogP contribution is 2.25. The molecule has 0 atom stereocenters. The first-order chi connectivity index (χ1) is 12.0.